The number of rotatable bonds is 3. The van der Waals surface area contributed by atoms with E-state index in [4.69, 9.17) is 0 Å². The summed E-state index contributed by atoms with van der Waals surface area (Å²) >= 11 is 1.57. The van der Waals surface area contributed by atoms with Crippen LogP contribution in [0, 0.1) is 5.82 Å². The number of nitrogens with zero attached hydrogens (tertiary/aromatic N) is 1. The second kappa shape index (κ2) is 5.27. The molecule has 0 radical (unpaired) electrons. The Hall–Kier alpha value is -1.24. The van der Waals surface area contributed by atoms with Crippen molar-refractivity contribution >= 4 is 21.4 Å². The zero-order valence-corrected chi connectivity index (χ0v) is 12.3. The van der Waals surface area contributed by atoms with Gasteiger partial charge in [-0.2, -0.15) is 4.31 Å². The topological polar surface area (TPSA) is 37.4 Å². The molecule has 1 aliphatic heterocycles. The van der Waals surface area contributed by atoms with E-state index >= 15 is 0 Å². The fraction of sp³-hybridized carbons (Fsp3) is 0.286. The van der Waals surface area contributed by atoms with Gasteiger partial charge in [0.15, 0.2) is 0 Å². The molecule has 20 heavy (non-hydrogen) atoms. The maximum Gasteiger partial charge on any atom is 0.243 e. The number of halogens is 1. The van der Waals surface area contributed by atoms with Gasteiger partial charge in [0.05, 0.1) is 10.9 Å². The number of benzene rings is 1. The Morgan fingerprint density at radius 3 is 2.60 bits per heavy atom. The molecule has 0 saturated carbocycles. The van der Waals surface area contributed by atoms with Crippen LogP contribution in [-0.2, 0) is 10.0 Å². The van der Waals surface area contributed by atoms with E-state index in [1.165, 1.54) is 28.6 Å². The van der Waals surface area contributed by atoms with E-state index in [0.717, 1.165) is 17.7 Å². The first-order chi connectivity index (χ1) is 9.59. The third-order valence-electron chi connectivity index (χ3n) is 3.50. The fourth-order valence-electron chi connectivity index (χ4n) is 2.54. The minimum atomic E-state index is -3.56. The molecule has 3 nitrogen and oxygen atoms in total. The fourth-order valence-corrected chi connectivity index (χ4v) is 5.15. The summed E-state index contributed by atoms with van der Waals surface area (Å²) in [6, 6.07) is 8.83. The first-order valence-corrected chi connectivity index (χ1v) is 8.72. The van der Waals surface area contributed by atoms with E-state index in [2.05, 4.69) is 0 Å². The Morgan fingerprint density at radius 2 is 1.95 bits per heavy atom. The van der Waals surface area contributed by atoms with Gasteiger partial charge in [0.2, 0.25) is 10.0 Å². The summed E-state index contributed by atoms with van der Waals surface area (Å²) < 4.78 is 39.8. The van der Waals surface area contributed by atoms with Gasteiger partial charge in [-0.1, -0.05) is 6.07 Å². The summed E-state index contributed by atoms with van der Waals surface area (Å²) in [5, 5.41) is 1.95. The van der Waals surface area contributed by atoms with Crippen LogP contribution >= 0.6 is 11.3 Å². The predicted octanol–water partition coefficient (Wildman–Crippen LogP) is 3.41. The first-order valence-electron chi connectivity index (χ1n) is 6.40. The smallest absolute Gasteiger partial charge is 0.207 e. The van der Waals surface area contributed by atoms with Crippen LogP contribution in [0.4, 0.5) is 4.39 Å². The molecule has 3 rings (SSSR count). The molecule has 1 fully saturated rings. The van der Waals surface area contributed by atoms with Crippen LogP contribution < -0.4 is 0 Å². The predicted molar refractivity (Wildman–Crippen MR) is 76.6 cm³/mol. The van der Waals surface area contributed by atoms with Crippen molar-refractivity contribution in [2.75, 3.05) is 6.54 Å². The third-order valence-corrected chi connectivity index (χ3v) is 6.39. The molecule has 0 N–H and O–H groups in total. The number of hydrogen-bond acceptors (Lipinski definition) is 3. The van der Waals surface area contributed by atoms with Crippen molar-refractivity contribution in [1.82, 2.24) is 4.31 Å². The molecule has 106 valence electrons. The largest absolute Gasteiger partial charge is 0.243 e. The Bertz CT molecular complexity index is 680. The first kappa shape index (κ1) is 13.7. The zero-order chi connectivity index (χ0) is 14.2. The van der Waals surface area contributed by atoms with Gasteiger partial charge in [-0.3, -0.25) is 0 Å². The highest BCUT2D eigenvalue weighted by Crippen LogP contribution is 2.38. The molecule has 2 heterocycles. The molecule has 1 atom stereocenters. The minimum absolute atomic E-state index is 0.0925. The summed E-state index contributed by atoms with van der Waals surface area (Å²) in [7, 11) is -3.56. The Kier molecular flexibility index (Phi) is 3.62. The quantitative estimate of drug-likeness (QED) is 0.871. The second-order valence-electron chi connectivity index (χ2n) is 4.74. The van der Waals surface area contributed by atoms with Crippen molar-refractivity contribution in [3.8, 4) is 0 Å². The Balaban J connectivity index is 1.96. The molecule has 0 unspecified atom stereocenters. The zero-order valence-electron chi connectivity index (χ0n) is 10.7. The molecular formula is C14H14FNO2S2. The van der Waals surface area contributed by atoms with Crippen LogP contribution in [0.2, 0.25) is 0 Å². The van der Waals surface area contributed by atoms with E-state index in [1.807, 2.05) is 17.5 Å². The summed E-state index contributed by atoms with van der Waals surface area (Å²) in [6.45, 7) is 0.516. The highest BCUT2D eigenvalue weighted by Gasteiger charge is 2.36. The second-order valence-corrected chi connectivity index (χ2v) is 7.61. The number of thiophene rings is 1. The van der Waals surface area contributed by atoms with Gasteiger partial charge in [-0.05, 0) is 48.6 Å². The van der Waals surface area contributed by atoms with Crippen LogP contribution in [0.25, 0.3) is 0 Å². The van der Waals surface area contributed by atoms with Gasteiger partial charge in [0, 0.05) is 11.4 Å². The van der Waals surface area contributed by atoms with Crippen LogP contribution in [-0.4, -0.2) is 19.3 Å². The summed E-state index contributed by atoms with van der Waals surface area (Å²) in [5.41, 5.74) is 0. The molecule has 1 saturated heterocycles. The monoisotopic (exact) mass is 311 g/mol. The maximum absolute atomic E-state index is 12.9. The van der Waals surface area contributed by atoms with Crippen LogP contribution in [0.15, 0.2) is 46.7 Å². The Labute approximate surface area is 121 Å². The van der Waals surface area contributed by atoms with E-state index in [9.17, 15) is 12.8 Å². The maximum atomic E-state index is 12.9. The number of hydrogen-bond donors (Lipinski definition) is 0. The molecule has 0 bridgehead atoms. The standard InChI is InChI=1S/C14H14FNO2S2/c15-11-5-7-12(8-6-11)20(17,18)16-9-1-3-13(16)14-4-2-10-19-14/h2,4-8,10,13H,1,3,9H2/t13-/m1/s1. The lowest BCUT2D eigenvalue weighted by Gasteiger charge is -2.23. The number of sulfonamides is 1. The molecule has 1 aliphatic rings. The molecule has 1 aromatic carbocycles. The van der Waals surface area contributed by atoms with E-state index < -0.39 is 15.8 Å². The molecular weight excluding hydrogens is 297 g/mol. The Morgan fingerprint density at radius 1 is 1.20 bits per heavy atom. The van der Waals surface area contributed by atoms with Crippen molar-refractivity contribution in [3.63, 3.8) is 0 Å². The lowest BCUT2D eigenvalue weighted by atomic mass is 10.2. The molecule has 2 aromatic rings. The van der Waals surface area contributed by atoms with Crippen molar-refractivity contribution in [2.24, 2.45) is 0 Å². The van der Waals surface area contributed by atoms with Crippen LogP contribution in [0.1, 0.15) is 23.8 Å². The molecule has 0 aliphatic carbocycles. The van der Waals surface area contributed by atoms with Crippen LogP contribution in [0.5, 0.6) is 0 Å². The van der Waals surface area contributed by atoms with Crippen molar-refractivity contribution in [2.45, 2.75) is 23.8 Å². The van der Waals surface area contributed by atoms with Gasteiger partial charge in [-0.25, -0.2) is 12.8 Å². The van der Waals surface area contributed by atoms with Crippen molar-refractivity contribution in [3.05, 3.63) is 52.5 Å². The third kappa shape index (κ3) is 2.39. The highest BCUT2D eigenvalue weighted by atomic mass is 32.2. The van der Waals surface area contributed by atoms with Gasteiger partial charge in [0.25, 0.3) is 0 Å². The molecule has 0 spiro atoms. The van der Waals surface area contributed by atoms with Gasteiger partial charge in [0.1, 0.15) is 5.82 Å². The van der Waals surface area contributed by atoms with E-state index in [-0.39, 0.29) is 10.9 Å². The lowest BCUT2D eigenvalue weighted by Crippen LogP contribution is -2.30. The minimum Gasteiger partial charge on any atom is -0.207 e. The van der Waals surface area contributed by atoms with Gasteiger partial charge >= 0.3 is 0 Å². The van der Waals surface area contributed by atoms with E-state index in [0.29, 0.717) is 6.54 Å². The average Bonchev–Trinajstić information content (AvgIpc) is 3.10. The average molecular weight is 311 g/mol. The lowest BCUT2D eigenvalue weighted by molar-refractivity contribution is 0.401. The highest BCUT2D eigenvalue weighted by molar-refractivity contribution is 7.89. The van der Waals surface area contributed by atoms with Crippen molar-refractivity contribution < 1.29 is 12.8 Å². The summed E-state index contributed by atoms with van der Waals surface area (Å²) in [6.07, 6.45) is 1.68. The molecule has 1 aromatic heterocycles. The van der Waals surface area contributed by atoms with Crippen molar-refractivity contribution in [1.29, 1.82) is 0 Å². The summed E-state index contributed by atoms with van der Waals surface area (Å²) in [5.74, 6) is -0.430. The molecule has 0 amide bonds. The molecule has 6 heteroatoms. The van der Waals surface area contributed by atoms with Gasteiger partial charge in [-0.15, -0.1) is 11.3 Å². The van der Waals surface area contributed by atoms with Crippen LogP contribution in [0.3, 0.4) is 0 Å². The summed E-state index contributed by atoms with van der Waals surface area (Å²) in [4.78, 5) is 1.22. The van der Waals surface area contributed by atoms with E-state index in [1.54, 1.807) is 11.3 Å². The normalized spacial score (nSPS) is 20.4. The SMILES string of the molecule is O=S(=O)(c1ccc(F)cc1)N1CCC[C@@H]1c1cccs1. The van der Waals surface area contributed by atoms with Gasteiger partial charge < -0.3 is 0 Å².